The summed E-state index contributed by atoms with van der Waals surface area (Å²) in [7, 11) is 0. The molecular formula is C32H33N3O5. The van der Waals surface area contributed by atoms with Crippen molar-refractivity contribution < 1.29 is 24.2 Å². The van der Waals surface area contributed by atoms with Crippen LogP contribution in [0.1, 0.15) is 59.7 Å². The topological polar surface area (TPSA) is 102 Å². The van der Waals surface area contributed by atoms with E-state index in [0.29, 0.717) is 17.5 Å². The van der Waals surface area contributed by atoms with Crippen molar-refractivity contribution in [1.82, 2.24) is 14.9 Å². The van der Waals surface area contributed by atoms with Gasteiger partial charge in [0.1, 0.15) is 17.9 Å². The predicted octanol–water partition coefficient (Wildman–Crippen LogP) is 3.63. The van der Waals surface area contributed by atoms with E-state index in [-0.39, 0.29) is 52.6 Å². The molecule has 3 saturated heterocycles. The highest BCUT2D eigenvalue weighted by Gasteiger charge is 2.94. The summed E-state index contributed by atoms with van der Waals surface area (Å²) >= 11 is 0. The number of aromatic nitrogens is 2. The molecule has 2 spiro atoms. The van der Waals surface area contributed by atoms with Crippen molar-refractivity contribution >= 4 is 11.9 Å². The Balaban J connectivity index is 1.20. The van der Waals surface area contributed by atoms with Gasteiger partial charge in [-0.15, -0.1) is 0 Å². The SMILES string of the molecule is C=C1[C@H]2C[C@@H]3C4N5C[C@]6(C)CCC[C@@]47[C@@H]6[C@@]5(O)C[C@]3([C@@H]1OC(=O)c1cccnc1)[C@H]7[C@H]2OC(=O)c1cccnc1. The van der Waals surface area contributed by atoms with E-state index in [9.17, 15) is 14.7 Å². The second-order valence-electron chi connectivity index (χ2n) is 13.9. The largest absolute Gasteiger partial charge is 0.458 e. The van der Waals surface area contributed by atoms with Gasteiger partial charge in [0.2, 0.25) is 0 Å². The number of ether oxygens (including phenoxy) is 2. The molecule has 12 atom stereocenters. The molecule has 8 nitrogen and oxygen atoms in total. The molecule has 0 aromatic carbocycles. The Labute approximate surface area is 232 Å². The minimum atomic E-state index is -0.936. The van der Waals surface area contributed by atoms with Crippen molar-refractivity contribution in [3.05, 3.63) is 72.3 Å². The van der Waals surface area contributed by atoms with Crippen LogP contribution in [0.15, 0.2) is 61.2 Å². The summed E-state index contributed by atoms with van der Waals surface area (Å²) in [5.41, 5.74) is 0.0355. The highest BCUT2D eigenvalue weighted by molar-refractivity contribution is 5.90. The third-order valence-electron chi connectivity index (χ3n) is 12.6. The number of piperidine rings is 2. The van der Waals surface area contributed by atoms with E-state index in [1.807, 2.05) is 0 Å². The monoisotopic (exact) mass is 539 g/mol. The fraction of sp³-hybridized carbons (Fsp3) is 0.562. The first kappa shape index (κ1) is 23.6. The van der Waals surface area contributed by atoms with Gasteiger partial charge in [0.15, 0.2) is 0 Å². The van der Waals surface area contributed by atoms with E-state index in [1.54, 1.807) is 42.9 Å². The summed E-state index contributed by atoms with van der Waals surface area (Å²) in [6, 6.07) is 7.14. The maximum absolute atomic E-state index is 13.5. The van der Waals surface area contributed by atoms with Crippen LogP contribution in [0.5, 0.6) is 0 Å². The molecule has 3 aliphatic heterocycles. The van der Waals surface area contributed by atoms with Crippen LogP contribution in [0.3, 0.4) is 0 Å². The van der Waals surface area contributed by atoms with Gasteiger partial charge in [0, 0.05) is 72.4 Å². The molecule has 0 amide bonds. The highest BCUT2D eigenvalue weighted by Crippen LogP contribution is 2.89. The normalized spacial score (nSPS) is 49.8. The van der Waals surface area contributed by atoms with Gasteiger partial charge in [-0.05, 0) is 60.4 Å². The zero-order valence-corrected chi connectivity index (χ0v) is 22.5. The number of nitrogens with zero attached hydrogens (tertiary/aromatic N) is 3. The minimum absolute atomic E-state index is 0.0123. The first-order chi connectivity index (χ1) is 19.3. The Morgan fingerprint density at radius 2 is 1.75 bits per heavy atom. The average Bonchev–Trinajstić information content (AvgIpc) is 3.32. The first-order valence-electron chi connectivity index (χ1n) is 14.7. The van der Waals surface area contributed by atoms with E-state index in [4.69, 9.17) is 9.47 Å². The van der Waals surface area contributed by atoms with Crippen LogP contribution >= 0.6 is 0 Å². The second-order valence-corrected chi connectivity index (χ2v) is 13.9. The molecule has 9 aliphatic rings. The van der Waals surface area contributed by atoms with Crippen molar-refractivity contribution in [2.24, 2.45) is 39.9 Å². The number of rotatable bonds is 4. The number of carbonyl (C=O) groups is 2. The lowest BCUT2D eigenvalue weighted by Gasteiger charge is -2.68. The molecule has 1 N–H and O–H groups in total. The van der Waals surface area contributed by atoms with Gasteiger partial charge in [-0.3, -0.25) is 14.9 Å². The van der Waals surface area contributed by atoms with Gasteiger partial charge in [0.05, 0.1) is 11.1 Å². The Bertz CT molecular complexity index is 1480. The molecule has 2 aromatic rings. The van der Waals surface area contributed by atoms with Gasteiger partial charge >= 0.3 is 11.9 Å². The number of hydrogen-bond donors (Lipinski definition) is 1. The van der Waals surface area contributed by atoms with Crippen LogP contribution in [0.25, 0.3) is 0 Å². The van der Waals surface area contributed by atoms with Crippen LogP contribution in [-0.2, 0) is 9.47 Å². The Morgan fingerprint density at radius 1 is 1.05 bits per heavy atom. The predicted molar refractivity (Wildman–Crippen MR) is 141 cm³/mol. The van der Waals surface area contributed by atoms with Crippen molar-refractivity contribution in [2.75, 3.05) is 6.54 Å². The van der Waals surface area contributed by atoms with Gasteiger partial charge in [0.25, 0.3) is 0 Å². The molecule has 2 aromatic heterocycles. The van der Waals surface area contributed by atoms with E-state index in [2.05, 4.69) is 28.4 Å². The van der Waals surface area contributed by atoms with Crippen molar-refractivity contribution in [3.63, 3.8) is 0 Å². The van der Waals surface area contributed by atoms with Crippen LogP contribution in [-0.4, -0.2) is 62.4 Å². The highest BCUT2D eigenvalue weighted by atomic mass is 16.6. The quantitative estimate of drug-likeness (QED) is 0.464. The Morgan fingerprint density at radius 3 is 2.42 bits per heavy atom. The Hall–Kier alpha value is -3.10. The lowest BCUT2D eigenvalue weighted by Crippen LogP contribution is -2.72. The number of fused-ring (bicyclic) bond motifs is 1. The molecule has 5 heterocycles. The molecule has 40 heavy (non-hydrogen) atoms. The van der Waals surface area contributed by atoms with Crippen LogP contribution in [0.4, 0.5) is 0 Å². The molecule has 9 fully saturated rings. The summed E-state index contributed by atoms with van der Waals surface area (Å²) in [6.45, 7) is 7.77. The van der Waals surface area contributed by atoms with Crippen LogP contribution < -0.4 is 0 Å². The maximum Gasteiger partial charge on any atom is 0.340 e. The van der Waals surface area contributed by atoms with Crippen molar-refractivity contribution in [1.29, 1.82) is 0 Å². The number of pyridine rings is 2. The van der Waals surface area contributed by atoms with E-state index < -0.39 is 23.2 Å². The number of aliphatic hydroxyl groups is 1. The summed E-state index contributed by atoms with van der Waals surface area (Å²) < 4.78 is 12.9. The molecule has 0 radical (unpaired) electrons. The smallest absolute Gasteiger partial charge is 0.340 e. The van der Waals surface area contributed by atoms with Crippen LogP contribution in [0, 0.1) is 39.9 Å². The van der Waals surface area contributed by atoms with Gasteiger partial charge < -0.3 is 14.6 Å². The van der Waals surface area contributed by atoms with Gasteiger partial charge in [-0.25, -0.2) is 9.59 Å². The lowest BCUT2D eigenvalue weighted by molar-refractivity contribution is -0.271. The summed E-state index contributed by atoms with van der Waals surface area (Å²) in [5.74, 6) is -0.533. The minimum Gasteiger partial charge on any atom is -0.458 e. The fourth-order valence-corrected chi connectivity index (χ4v) is 12.2. The molecule has 2 unspecified atom stereocenters. The molecule has 8 heteroatoms. The molecular weight excluding hydrogens is 506 g/mol. The molecule has 6 saturated carbocycles. The lowest BCUT2D eigenvalue weighted by atomic mass is 9.38. The third kappa shape index (κ3) is 2.38. The number of carbonyl (C=O) groups excluding carboxylic acids is 2. The van der Waals surface area contributed by atoms with Crippen molar-refractivity contribution in [2.45, 2.75) is 63.0 Å². The maximum atomic E-state index is 13.5. The average molecular weight is 540 g/mol. The van der Waals surface area contributed by atoms with Crippen molar-refractivity contribution in [3.8, 4) is 0 Å². The van der Waals surface area contributed by atoms with E-state index in [0.717, 1.165) is 37.8 Å². The first-order valence-corrected chi connectivity index (χ1v) is 14.7. The zero-order valence-electron chi connectivity index (χ0n) is 22.5. The third-order valence-corrected chi connectivity index (χ3v) is 12.6. The standard InChI is InChI=1S/C32H33N3O5/c1-17-20-12-21-24-30-9-5-8-29(2)16-35(24)32(38,28(29)30)15-31(21,25(17)40-27(37)19-7-4-11-34-14-19)23(30)22(20)39-26(36)18-6-3-10-33-13-18/h3-4,6-7,10-11,13-14,20-25,28,38H,1,5,8-9,12,15-16H2,2H3/t20-,21-,22+,23+,24?,25-,28-,29+,30+,31-,32+/m1/s1. The van der Waals surface area contributed by atoms with E-state index in [1.165, 1.54) is 6.20 Å². The van der Waals surface area contributed by atoms with Crippen LogP contribution in [0.2, 0.25) is 0 Å². The molecule has 206 valence electrons. The molecule has 6 aliphatic carbocycles. The number of hydrogen-bond acceptors (Lipinski definition) is 8. The number of esters is 2. The zero-order chi connectivity index (χ0) is 27.2. The fourth-order valence-electron chi connectivity index (χ4n) is 12.2. The second kappa shape index (κ2) is 7.21. The molecule has 9 bridgehead atoms. The summed E-state index contributed by atoms with van der Waals surface area (Å²) in [6.07, 6.45) is 10.0. The van der Waals surface area contributed by atoms with E-state index >= 15 is 0 Å². The van der Waals surface area contributed by atoms with Gasteiger partial charge in [-0.1, -0.05) is 19.9 Å². The summed E-state index contributed by atoms with van der Waals surface area (Å²) in [4.78, 5) is 37.7. The van der Waals surface area contributed by atoms with Gasteiger partial charge in [-0.2, -0.15) is 0 Å². The molecule has 11 rings (SSSR count). The Kier molecular flexibility index (Phi) is 4.25. The summed E-state index contributed by atoms with van der Waals surface area (Å²) in [5, 5.41) is 12.6.